The Morgan fingerprint density at radius 2 is 2.20 bits per heavy atom. The first kappa shape index (κ1) is 14.1. The molecule has 1 aromatic rings. The Balaban J connectivity index is 2.10. The van der Waals surface area contributed by atoms with Crippen LogP contribution in [0, 0.1) is 10.1 Å². The highest BCUT2D eigenvalue weighted by Crippen LogP contribution is 2.26. The summed E-state index contributed by atoms with van der Waals surface area (Å²) in [6, 6.07) is 4.69. The summed E-state index contributed by atoms with van der Waals surface area (Å²) in [7, 11) is 1.70. The number of likely N-dealkylation sites (N-methyl/N-ethyl adjacent to an activating group) is 1. The molecule has 1 fully saturated rings. The number of nitrogen functional groups attached to an aromatic ring is 1. The number of carbonyl (C=O) groups is 1. The Kier molecular flexibility index (Phi) is 4.04. The number of hydrogen-bond acceptors (Lipinski definition) is 6. The van der Waals surface area contributed by atoms with E-state index in [4.69, 9.17) is 5.84 Å². The second-order valence-corrected chi connectivity index (χ2v) is 4.84. The zero-order chi connectivity index (χ0) is 14.7. The number of hydrazine groups is 1. The summed E-state index contributed by atoms with van der Waals surface area (Å²) >= 11 is 0. The minimum Gasteiger partial charge on any atom is -0.365 e. The van der Waals surface area contributed by atoms with Crippen molar-refractivity contribution >= 4 is 23.0 Å². The van der Waals surface area contributed by atoms with Crippen molar-refractivity contribution in [2.75, 3.05) is 23.9 Å². The van der Waals surface area contributed by atoms with Crippen molar-refractivity contribution in [2.24, 2.45) is 5.84 Å². The maximum atomic E-state index is 11.7. The monoisotopic (exact) mass is 279 g/mol. The van der Waals surface area contributed by atoms with Crippen LogP contribution >= 0.6 is 0 Å². The molecule has 0 unspecified atom stereocenters. The van der Waals surface area contributed by atoms with E-state index in [1.807, 2.05) is 0 Å². The lowest BCUT2D eigenvalue weighted by Gasteiger charge is -2.19. The maximum absolute atomic E-state index is 11.7. The van der Waals surface area contributed by atoms with Gasteiger partial charge < -0.3 is 15.6 Å². The van der Waals surface area contributed by atoms with Crippen LogP contribution in [0.15, 0.2) is 18.2 Å². The van der Waals surface area contributed by atoms with Crippen LogP contribution in [-0.2, 0) is 4.79 Å². The van der Waals surface area contributed by atoms with Gasteiger partial charge in [-0.15, -0.1) is 0 Å². The zero-order valence-electron chi connectivity index (χ0n) is 11.1. The normalized spacial score (nSPS) is 13.7. The third-order valence-electron chi connectivity index (χ3n) is 3.04. The second-order valence-electron chi connectivity index (χ2n) is 4.84. The number of anilines is 2. The fraction of sp³-hybridized carbons (Fsp3) is 0.417. The first-order valence-electron chi connectivity index (χ1n) is 6.26. The molecular weight excluding hydrogens is 262 g/mol. The zero-order valence-corrected chi connectivity index (χ0v) is 11.1. The summed E-state index contributed by atoms with van der Waals surface area (Å²) in [5.41, 5.74) is 3.28. The molecular formula is C12H17N5O3. The molecule has 1 saturated carbocycles. The van der Waals surface area contributed by atoms with E-state index in [1.165, 1.54) is 12.1 Å². The number of hydrogen-bond donors (Lipinski definition) is 3. The Bertz CT molecular complexity index is 530. The van der Waals surface area contributed by atoms with Crippen LogP contribution in [0.5, 0.6) is 0 Å². The summed E-state index contributed by atoms with van der Waals surface area (Å²) in [5, 5.41) is 13.7. The van der Waals surface area contributed by atoms with Crippen molar-refractivity contribution in [3.05, 3.63) is 28.3 Å². The number of nitrogens with one attached hydrogen (secondary N) is 2. The van der Waals surface area contributed by atoms with Crippen LogP contribution in [0.1, 0.15) is 12.8 Å². The van der Waals surface area contributed by atoms with Crippen LogP contribution in [0.25, 0.3) is 0 Å². The van der Waals surface area contributed by atoms with E-state index in [-0.39, 0.29) is 18.1 Å². The van der Waals surface area contributed by atoms with Gasteiger partial charge in [-0.25, -0.2) is 0 Å². The molecule has 20 heavy (non-hydrogen) atoms. The lowest BCUT2D eigenvalue weighted by atomic mass is 10.2. The fourth-order valence-corrected chi connectivity index (χ4v) is 1.81. The quantitative estimate of drug-likeness (QED) is 0.399. The standard InChI is InChI=1S/C12H17N5O3/c1-16(7-12(18)14-8-2-3-8)10-4-9(15-13)5-11(6-10)17(19)20/h4-6,8,15H,2-3,7,13H2,1H3,(H,14,18). The van der Waals surface area contributed by atoms with Gasteiger partial charge in [0.2, 0.25) is 5.91 Å². The third kappa shape index (κ3) is 3.58. The van der Waals surface area contributed by atoms with E-state index in [0.29, 0.717) is 17.4 Å². The molecule has 0 atom stereocenters. The van der Waals surface area contributed by atoms with Gasteiger partial charge >= 0.3 is 0 Å². The molecule has 0 heterocycles. The summed E-state index contributed by atoms with van der Waals surface area (Å²) < 4.78 is 0. The van der Waals surface area contributed by atoms with Gasteiger partial charge in [0.1, 0.15) is 0 Å². The van der Waals surface area contributed by atoms with Gasteiger partial charge in [-0.1, -0.05) is 0 Å². The van der Waals surface area contributed by atoms with Crippen molar-refractivity contribution in [3.63, 3.8) is 0 Å². The number of nitro benzene ring substituents is 1. The van der Waals surface area contributed by atoms with E-state index >= 15 is 0 Å². The number of non-ortho nitro benzene ring substituents is 1. The number of nitrogens with two attached hydrogens (primary N) is 1. The molecule has 0 aromatic heterocycles. The van der Waals surface area contributed by atoms with Gasteiger partial charge in [-0.05, 0) is 18.9 Å². The Labute approximate surface area is 116 Å². The molecule has 0 spiro atoms. The summed E-state index contributed by atoms with van der Waals surface area (Å²) in [4.78, 5) is 23.7. The topological polar surface area (TPSA) is 114 Å². The van der Waals surface area contributed by atoms with Crippen molar-refractivity contribution in [1.29, 1.82) is 0 Å². The SMILES string of the molecule is CN(CC(=O)NC1CC1)c1cc(NN)cc([N+](=O)[O-])c1. The predicted molar refractivity (Wildman–Crippen MR) is 75.3 cm³/mol. The highest BCUT2D eigenvalue weighted by molar-refractivity contribution is 5.82. The first-order valence-corrected chi connectivity index (χ1v) is 6.26. The van der Waals surface area contributed by atoms with Gasteiger partial charge in [0.05, 0.1) is 17.2 Å². The first-order chi connectivity index (χ1) is 9.49. The summed E-state index contributed by atoms with van der Waals surface area (Å²) in [6.07, 6.45) is 2.04. The molecule has 0 aliphatic heterocycles. The van der Waals surface area contributed by atoms with Gasteiger partial charge in [0, 0.05) is 30.9 Å². The van der Waals surface area contributed by atoms with Crippen molar-refractivity contribution < 1.29 is 9.72 Å². The van der Waals surface area contributed by atoms with E-state index in [1.54, 1.807) is 18.0 Å². The van der Waals surface area contributed by atoms with Crippen LogP contribution < -0.4 is 21.5 Å². The second kappa shape index (κ2) is 5.74. The lowest BCUT2D eigenvalue weighted by Crippen LogP contribution is -2.36. The molecule has 0 bridgehead atoms. The van der Waals surface area contributed by atoms with E-state index in [0.717, 1.165) is 12.8 Å². The van der Waals surface area contributed by atoms with Crippen molar-refractivity contribution in [2.45, 2.75) is 18.9 Å². The maximum Gasteiger partial charge on any atom is 0.273 e. The minimum absolute atomic E-state index is 0.0788. The minimum atomic E-state index is -0.498. The number of rotatable bonds is 6. The predicted octanol–water partition coefficient (Wildman–Crippen LogP) is 0.595. The number of nitro groups is 1. The van der Waals surface area contributed by atoms with Gasteiger partial charge in [-0.3, -0.25) is 20.8 Å². The molecule has 8 heteroatoms. The van der Waals surface area contributed by atoms with Gasteiger partial charge in [0.15, 0.2) is 0 Å². The smallest absolute Gasteiger partial charge is 0.273 e. The average Bonchev–Trinajstić information content (AvgIpc) is 3.21. The third-order valence-corrected chi connectivity index (χ3v) is 3.04. The molecule has 2 rings (SSSR count). The van der Waals surface area contributed by atoms with Crippen molar-refractivity contribution in [3.8, 4) is 0 Å². The van der Waals surface area contributed by atoms with Crippen LogP contribution in [0.2, 0.25) is 0 Å². The van der Waals surface area contributed by atoms with Crippen LogP contribution in [0.4, 0.5) is 17.1 Å². The molecule has 8 nitrogen and oxygen atoms in total. The number of benzene rings is 1. The Hall–Kier alpha value is -2.35. The lowest BCUT2D eigenvalue weighted by molar-refractivity contribution is -0.384. The summed E-state index contributed by atoms with van der Waals surface area (Å²) in [6.45, 7) is 0.141. The summed E-state index contributed by atoms with van der Waals surface area (Å²) in [5.74, 6) is 5.20. The van der Waals surface area contributed by atoms with Crippen LogP contribution in [-0.4, -0.2) is 30.5 Å². The Morgan fingerprint density at radius 1 is 1.50 bits per heavy atom. The fourth-order valence-electron chi connectivity index (χ4n) is 1.81. The van der Waals surface area contributed by atoms with E-state index < -0.39 is 4.92 Å². The highest BCUT2D eigenvalue weighted by Gasteiger charge is 2.23. The molecule has 1 aromatic carbocycles. The molecule has 108 valence electrons. The van der Waals surface area contributed by atoms with Crippen molar-refractivity contribution in [1.82, 2.24) is 5.32 Å². The molecule has 4 N–H and O–H groups in total. The number of amides is 1. The number of carbonyl (C=O) groups excluding carboxylic acids is 1. The molecule has 1 amide bonds. The van der Waals surface area contributed by atoms with E-state index in [2.05, 4.69) is 10.7 Å². The van der Waals surface area contributed by atoms with Gasteiger partial charge in [0.25, 0.3) is 5.69 Å². The Morgan fingerprint density at radius 3 is 2.75 bits per heavy atom. The number of nitrogens with zero attached hydrogens (tertiary/aromatic N) is 2. The molecule has 0 radical (unpaired) electrons. The highest BCUT2D eigenvalue weighted by atomic mass is 16.6. The largest absolute Gasteiger partial charge is 0.365 e. The molecule has 1 aliphatic rings. The van der Waals surface area contributed by atoms with E-state index in [9.17, 15) is 14.9 Å². The van der Waals surface area contributed by atoms with Crippen LogP contribution in [0.3, 0.4) is 0 Å². The molecule has 1 aliphatic carbocycles. The van der Waals surface area contributed by atoms with Gasteiger partial charge in [-0.2, -0.15) is 0 Å². The molecule has 0 saturated heterocycles. The average molecular weight is 279 g/mol.